The zero-order valence-corrected chi connectivity index (χ0v) is 13.0. The van der Waals surface area contributed by atoms with E-state index in [1.54, 1.807) is 0 Å². The Balaban J connectivity index is 1.67. The van der Waals surface area contributed by atoms with Crippen molar-refractivity contribution in [1.29, 1.82) is 0 Å². The molecule has 2 fully saturated rings. The first-order chi connectivity index (χ1) is 10.7. The number of rotatable bonds is 4. The van der Waals surface area contributed by atoms with Crippen molar-refractivity contribution in [1.82, 2.24) is 5.32 Å². The minimum Gasteiger partial charge on any atom is -0.393 e. The smallest absolute Gasteiger partial charge is 0.223 e. The van der Waals surface area contributed by atoms with Gasteiger partial charge in [0.2, 0.25) is 5.91 Å². The number of hydrogen-bond donors (Lipinski definition) is 2. The Kier molecular flexibility index (Phi) is 4.79. The first-order valence-electron chi connectivity index (χ1n) is 8.29. The Hall–Kier alpha value is -1.39. The standard InChI is InChI=1S/C18H25NO3/c20-16-7-6-14(12-16)17(21)19-13-18(8-10-22-11-9-18)15-4-2-1-3-5-15/h1-5,14,16,20H,6-13H2,(H,19,21)/t14-,16-/m1/s1. The lowest BCUT2D eigenvalue weighted by atomic mass is 9.74. The van der Waals surface area contributed by atoms with Gasteiger partial charge in [-0.1, -0.05) is 30.3 Å². The van der Waals surface area contributed by atoms with Gasteiger partial charge in [-0.15, -0.1) is 0 Å². The van der Waals surface area contributed by atoms with E-state index in [9.17, 15) is 9.90 Å². The number of amides is 1. The maximum absolute atomic E-state index is 12.4. The van der Waals surface area contributed by atoms with Gasteiger partial charge in [0.1, 0.15) is 0 Å². The normalized spacial score (nSPS) is 27.5. The number of hydrogen-bond acceptors (Lipinski definition) is 3. The lowest BCUT2D eigenvalue weighted by Gasteiger charge is -2.38. The van der Waals surface area contributed by atoms with Gasteiger partial charge in [-0.2, -0.15) is 0 Å². The SMILES string of the molecule is O=C(NCC1(c2ccccc2)CCOCC1)[C@@H]1CC[C@@H](O)C1. The van der Waals surface area contributed by atoms with Crippen molar-refractivity contribution in [2.24, 2.45) is 5.92 Å². The highest BCUT2D eigenvalue weighted by Gasteiger charge is 2.36. The fourth-order valence-electron chi connectivity index (χ4n) is 3.72. The van der Waals surface area contributed by atoms with Crippen molar-refractivity contribution in [3.05, 3.63) is 35.9 Å². The van der Waals surface area contributed by atoms with E-state index >= 15 is 0 Å². The summed E-state index contributed by atoms with van der Waals surface area (Å²) in [5.41, 5.74) is 1.26. The van der Waals surface area contributed by atoms with Gasteiger partial charge in [-0.25, -0.2) is 0 Å². The van der Waals surface area contributed by atoms with Crippen molar-refractivity contribution in [3.8, 4) is 0 Å². The molecular formula is C18H25NO3. The highest BCUT2D eigenvalue weighted by Crippen LogP contribution is 2.34. The zero-order valence-electron chi connectivity index (χ0n) is 13.0. The van der Waals surface area contributed by atoms with E-state index in [-0.39, 0.29) is 23.3 Å². The zero-order chi connectivity index (χ0) is 15.4. The van der Waals surface area contributed by atoms with E-state index in [4.69, 9.17) is 4.74 Å². The van der Waals surface area contributed by atoms with E-state index in [1.165, 1.54) is 5.56 Å². The number of benzene rings is 1. The van der Waals surface area contributed by atoms with Crippen molar-refractivity contribution >= 4 is 5.91 Å². The first-order valence-corrected chi connectivity index (χ1v) is 8.29. The number of aliphatic hydroxyl groups excluding tert-OH is 1. The number of carbonyl (C=O) groups is 1. The van der Waals surface area contributed by atoms with Gasteiger partial charge in [0, 0.05) is 31.1 Å². The Morgan fingerprint density at radius 2 is 1.95 bits per heavy atom. The Bertz CT molecular complexity index is 496. The molecule has 1 aromatic carbocycles. The molecule has 0 aromatic heterocycles. The van der Waals surface area contributed by atoms with E-state index < -0.39 is 0 Å². The molecule has 0 spiro atoms. The van der Waals surface area contributed by atoms with Crippen molar-refractivity contribution in [2.45, 2.75) is 43.6 Å². The minimum absolute atomic E-state index is 0.0214. The molecule has 1 amide bonds. The minimum atomic E-state index is -0.304. The summed E-state index contributed by atoms with van der Waals surface area (Å²) in [5, 5.41) is 12.7. The Morgan fingerprint density at radius 1 is 1.23 bits per heavy atom. The predicted molar refractivity (Wildman–Crippen MR) is 84.5 cm³/mol. The van der Waals surface area contributed by atoms with Crippen molar-refractivity contribution in [3.63, 3.8) is 0 Å². The quantitative estimate of drug-likeness (QED) is 0.894. The molecular weight excluding hydrogens is 278 g/mol. The summed E-state index contributed by atoms with van der Waals surface area (Å²) in [5.74, 6) is 0.0704. The molecule has 1 aromatic rings. The molecule has 3 rings (SSSR count). The predicted octanol–water partition coefficient (Wildman–Crippen LogP) is 2.01. The molecule has 4 heteroatoms. The lowest BCUT2D eigenvalue weighted by Crippen LogP contribution is -2.45. The van der Waals surface area contributed by atoms with Crippen LogP contribution in [0.1, 0.15) is 37.7 Å². The fraction of sp³-hybridized carbons (Fsp3) is 0.611. The third kappa shape index (κ3) is 3.33. The van der Waals surface area contributed by atoms with Crippen molar-refractivity contribution < 1.29 is 14.6 Å². The average molecular weight is 303 g/mol. The maximum Gasteiger partial charge on any atom is 0.223 e. The summed E-state index contributed by atoms with van der Waals surface area (Å²) in [6, 6.07) is 10.4. The molecule has 0 bridgehead atoms. The van der Waals surface area contributed by atoms with E-state index in [2.05, 4.69) is 29.6 Å². The lowest BCUT2D eigenvalue weighted by molar-refractivity contribution is -0.125. The van der Waals surface area contributed by atoms with Crippen LogP contribution in [0.25, 0.3) is 0 Å². The molecule has 120 valence electrons. The second kappa shape index (κ2) is 6.80. The number of carbonyl (C=O) groups excluding carboxylic acids is 1. The summed E-state index contributed by atoms with van der Waals surface area (Å²) < 4.78 is 5.52. The first kappa shape index (κ1) is 15.5. The van der Waals surface area contributed by atoms with Crippen LogP contribution in [0.2, 0.25) is 0 Å². The van der Waals surface area contributed by atoms with Gasteiger partial charge in [-0.3, -0.25) is 4.79 Å². The molecule has 1 heterocycles. The van der Waals surface area contributed by atoms with Crippen LogP contribution in [0.15, 0.2) is 30.3 Å². The van der Waals surface area contributed by atoms with E-state index in [0.717, 1.165) is 38.9 Å². The molecule has 0 radical (unpaired) electrons. The molecule has 2 N–H and O–H groups in total. The van der Waals surface area contributed by atoms with Crippen LogP contribution >= 0.6 is 0 Å². The monoisotopic (exact) mass is 303 g/mol. The second-order valence-electron chi connectivity index (χ2n) is 6.64. The third-order valence-electron chi connectivity index (χ3n) is 5.21. The summed E-state index contributed by atoms with van der Waals surface area (Å²) in [6.45, 7) is 2.14. The van der Waals surface area contributed by atoms with Crippen LogP contribution in [-0.4, -0.2) is 36.9 Å². The number of ether oxygens (including phenoxy) is 1. The van der Waals surface area contributed by atoms with Crippen LogP contribution in [0.5, 0.6) is 0 Å². The molecule has 1 saturated carbocycles. The van der Waals surface area contributed by atoms with Crippen LogP contribution in [0.3, 0.4) is 0 Å². The molecule has 1 saturated heterocycles. The van der Waals surface area contributed by atoms with Gasteiger partial charge in [-0.05, 0) is 37.7 Å². The molecule has 4 nitrogen and oxygen atoms in total. The summed E-state index contributed by atoms with van der Waals surface area (Å²) >= 11 is 0. The Labute approximate surface area is 131 Å². The van der Waals surface area contributed by atoms with Gasteiger partial charge < -0.3 is 15.2 Å². The van der Waals surface area contributed by atoms with Crippen LogP contribution < -0.4 is 5.32 Å². The molecule has 2 atom stereocenters. The summed E-state index contributed by atoms with van der Waals surface area (Å²) in [4.78, 5) is 12.4. The topological polar surface area (TPSA) is 58.6 Å². The van der Waals surface area contributed by atoms with Gasteiger partial charge in [0.15, 0.2) is 0 Å². The largest absolute Gasteiger partial charge is 0.393 e. The average Bonchev–Trinajstić information content (AvgIpc) is 3.01. The van der Waals surface area contributed by atoms with Crippen molar-refractivity contribution in [2.75, 3.05) is 19.8 Å². The molecule has 0 unspecified atom stereocenters. The van der Waals surface area contributed by atoms with E-state index in [0.29, 0.717) is 13.0 Å². The van der Waals surface area contributed by atoms with Crippen LogP contribution in [0, 0.1) is 5.92 Å². The summed E-state index contributed by atoms with van der Waals surface area (Å²) in [6.07, 6.45) is 3.72. The van der Waals surface area contributed by atoms with E-state index in [1.807, 2.05) is 6.07 Å². The van der Waals surface area contributed by atoms with Gasteiger partial charge in [0.05, 0.1) is 6.10 Å². The molecule has 1 aliphatic carbocycles. The molecule has 1 aliphatic heterocycles. The van der Waals surface area contributed by atoms with Gasteiger partial charge >= 0.3 is 0 Å². The highest BCUT2D eigenvalue weighted by molar-refractivity contribution is 5.79. The highest BCUT2D eigenvalue weighted by atomic mass is 16.5. The Morgan fingerprint density at radius 3 is 2.59 bits per heavy atom. The van der Waals surface area contributed by atoms with Gasteiger partial charge in [0.25, 0.3) is 0 Å². The van der Waals surface area contributed by atoms with Crippen LogP contribution in [0.4, 0.5) is 0 Å². The third-order valence-corrected chi connectivity index (χ3v) is 5.21. The molecule has 2 aliphatic rings. The molecule has 22 heavy (non-hydrogen) atoms. The number of aliphatic hydroxyl groups is 1. The second-order valence-corrected chi connectivity index (χ2v) is 6.64. The number of nitrogens with one attached hydrogen (secondary N) is 1. The maximum atomic E-state index is 12.4. The summed E-state index contributed by atoms with van der Waals surface area (Å²) in [7, 11) is 0. The fourth-order valence-corrected chi connectivity index (χ4v) is 3.72. The van der Waals surface area contributed by atoms with Crippen LogP contribution in [-0.2, 0) is 14.9 Å².